The van der Waals surface area contributed by atoms with Crippen LogP contribution in [0.1, 0.15) is 36.9 Å². The number of halogens is 3. The van der Waals surface area contributed by atoms with Gasteiger partial charge in [0.15, 0.2) is 0 Å². The van der Waals surface area contributed by atoms with Crippen molar-refractivity contribution in [2.45, 2.75) is 38.0 Å². The first kappa shape index (κ1) is 20.2. The molecule has 10 heteroatoms. The number of nitrogens with zero attached hydrogens (tertiary/aromatic N) is 2. The lowest BCUT2D eigenvalue weighted by molar-refractivity contribution is -0.138. The van der Waals surface area contributed by atoms with Crippen LogP contribution in [0.2, 0.25) is 0 Å². The SMILES string of the molecule is CCN1C(=O)NC(c2ccccc2C(F)(F)F)C2=C1CN(CC(=O)NC1CC1)C2=O. The Hall–Kier alpha value is -3.04. The molecule has 4 amide bonds. The zero-order chi connectivity index (χ0) is 21.6. The molecule has 0 spiro atoms. The zero-order valence-corrected chi connectivity index (χ0v) is 16.3. The first-order valence-electron chi connectivity index (χ1n) is 9.76. The maximum Gasteiger partial charge on any atom is 0.416 e. The fourth-order valence-corrected chi connectivity index (χ4v) is 3.93. The zero-order valence-electron chi connectivity index (χ0n) is 16.3. The molecule has 3 aliphatic rings. The Balaban J connectivity index is 1.69. The van der Waals surface area contributed by atoms with Crippen LogP contribution in [-0.2, 0) is 15.8 Å². The molecule has 7 nitrogen and oxygen atoms in total. The number of likely N-dealkylation sites (N-methyl/N-ethyl adjacent to an activating group) is 1. The van der Waals surface area contributed by atoms with Crippen LogP contribution >= 0.6 is 0 Å². The summed E-state index contributed by atoms with van der Waals surface area (Å²) >= 11 is 0. The van der Waals surface area contributed by atoms with Gasteiger partial charge in [0.2, 0.25) is 5.91 Å². The minimum atomic E-state index is -4.64. The predicted octanol–water partition coefficient (Wildman–Crippen LogP) is 2.17. The summed E-state index contributed by atoms with van der Waals surface area (Å²) in [4.78, 5) is 40.5. The van der Waals surface area contributed by atoms with Crippen molar-refractivity contribution in [3.8, 4) is 0 Å². The van der Waals surface area contributed by atoms with Gasteiger partial charge in [0.05, 0.1) is 29.4 Å². The molecular formula is C20H21F3N4O3. The van der Waals surface area contributed by atoms with Gasteiger partial charge in [-0.05, 0) is 31.4 Å². The molecule has 0 saturated heterocycles. The summed E-state index contributed by atoms with van der Waals surface area (Å²) in [5.41, 5.74) is -0.691. The summed E-state index contributed by atoms with van der Waals surface area (Å²) < 4.78 is 40.7. The van der Waals surface area contributed by atoms with Crippen LogP contribution in [0, 0.1) is 0 Å². The molecule has 0 aromatic heterocycles. The number of benzene rings is 1. The van der Waals surface area contributed by atoms with E-state index in [-0.39, 0.29) is 42.7 Å². The average Bonchev–Trinajstić information content (AvgIpc) is 3.44. The number of hydrogen-bond acceptors (Lipinski definition) is 3. The number of alkyl halides is 3. The molecule has 1 aromatic carbocycles. The maximum atomic E-state index is 13.6. The normalized spacial score (nSPS) is 21.7. The van der Waals surface area contributed by atoms with Crippen molar-refractivity contribution in [1.82, 2.24) is 20.4 Å². The first-order valence-corrected chi connectivity index (χ1v) is 9.76. The fourth-order valence-electron chi connectivity index (χ4n) is 3.93. The Morgan fingerprint density at radius 3 is 2.57 bits per heavy atom. The van der Waals surface area contributed by atoms with E-state index in [1.807, 2.05) is 0 Å². The monoisotopic (exact) mass is 422 g/mol. The Morgan fingerprint density at radius 1 is 1.23 bits per heavy atom. The molecule has 1 atom stereocenters. The largest absolute Gasteiger partial charge is 0.416 e. The summed E-state index contributed by atoms with van der Waals surface area (Å²) in [5, 5.41) is 5.34. The molecule has 1 aromatic rings. The quantitative estimate of drug-likeness (QED) is 0.763. The highest BCUT2D eigenvalue weighted by atomic mass is 19.4. The van der Waals surface area contributed by atoms with Gasteiger partial charge in [-0.2, -0.15) is 13.2 Å². The number of nitrogens with one attached hydrogen (secondary N) is 2. The number of hydrogen-bond donors (Lipinski definition) is 2. The number of rotatable bonds is 5. The summed E-state index contributed by atoms with van der Waals surface area (Å²) in [6.45, 7) is 1.74. The summed E-state index contributed by atoms with van der Waals surface area (Å²) in [7, 11) is 0. The maximum absolute atomic E-state index is 13.6. The molecule has 2 N–H and O–H groups in total. The smallest absolute Gasteiger partial charge is 0.352 e. The Bertz CT molecular complexity index is 939. The van der Waals surface area contributed by atoms with Crippen molar-refractivity contribution in [3.63, 3.8) is 0 Å². The molecule has 1 unspecified atom stereocenters. The summed E-state index contributed by atoms with van der Waals surface area (Å²) in [6, 6.07) is 3.19. The molecule has 30 heavy (non-hydrogen) atoms. The third-order valence-electron chi connectivity index (χ3n) is 5.47. The molecule has 0 radical (unpaired) electrons. The second kappa shape index (κ2) is 7.33. The molecule has 1 fully saturated rings. The van der Waals surface area contributed by atoms with E-state index in [4.69, 9.17) is 0 Å². The van der Waals surface area contributed by atoms with Crippen LogP contribution in [0.25, 0.3) is 0 Å². The topological polar surface area (TPSA) is 81.8 Å². The van der Waals surface area contributed by atoms with Gasteiger partial charge in [-0.15, -0.1) is 0 Å². The van der Waals surface area contributed by atoms with Crippen molar-refractivity contribution in [1.29, 1.82) is 0 Å². The van der Waals surface area contributed by atoms with Crippen molar-refractivity contribution >= 4 is 17.8 Å². The van der Waals surface area contributed by atoms with Gasteiger partial charge in [-0.25, -0.2) is 4.79 Å². The van der Waals surface area contributed by atoms with Crippen molar-refractivity contribution in [3.05, 3.63) is 46.7 Å². The van der Waals surface area contributed by atoms with Crippen molar-refractivity contribution < 1.29 is 27.6 Å². The number of amides is 4. The summed E-state index contributed by atoms with van der Waals surface area (Å²) in [5.74, 6) is -0.864. The van der Waals surface area contributed by atoms with E-state index in [0.29, 0.717) is 5.70 Å². The van der Waals surface area contributed by atoms with E-state index in [1.165, 1.54) is 28.0 Å². The van der Waals surface area contributed by atoms with Gasteiger partial charge in [0.1, 0.15) is 6.54 Å². The number of urea groups is 1. The van der Waals surface area contributed by atoms with Crippen LogP contribution in [0.4, 0.5) is 18.0 Å². The van der Waals surface area contributed by atoms with Crippen LogP contribution in [-0.4, -0.2) is 53.3 Å². The summed E-state index contributed by atoms with van der Waals surface area (Å²) in [6.07, 6.45) is -2.85. The van der Waals surface area contributed by atoms with Gasteiger partial charge < -0.3 is 15.5 Å². The highest BCUT2D eigenvalue weighted by Crippen LogP contribution is 2.41. The van der Waals surface area contributed by atoms with Gasteiger partial charge in [-0.3, -0.25) is 14.5 Å². The van der Waals surface area contributed by atoms with E-state index in [1.54, 1.807) is 6.92 Å². The highest BCUT2D eigenvalue weighted by molar-refractivity contribution is 6.03. The third-order valence-corrected chi connectivity index (χ3v) is 5.47. The lowest BCUT2D eigenvalue weighted by Crippen LogP contribution is -2.47. The number of carbonyl (C=O) groups excluding carboxylic acids is 3. The van der Waals surface area contributed by atoms with Crippen LogP contribution in [0.3, 0.4) is 0 Å². The van der Waals surface area contributed by atoms with Gasteiger partial charge in [0.25, 0.3) is 5.91 Å². The second-order valence-corrected chi connectivity index (χ2v) is 7.58. The van der Waals surface area contributed by atoms with Gasteiger partial charge >= 0.3 is 12.2 Å². The van der Waals surface area contributed by atoms with E-state index < -0.39 is 29.7 Å². The molecular weight excluding hydrogens is 401 g/mol. The molecule has 1 saturated carbocycles. The highest BCUT2D eigenvalue weighted by Gasteiger charge is 2.46. The Labute approximate surface area is 170 Å². The molecule has 0 bridgehead atoms. The molecule has 4 rings (SSSR count). The second-order valence-electron chi connectivity index (χ2n) is 7.58. The minimum Gasteiger partial charge on any atom is -0.352 e. The van der Waals surface area contributed by atoms with Crippen molar-refractivity contribution in [2.24, 2.45) is 0 Å². The Morgan fingerprint density at radius 2 is 1.93 bits per heavy atom. The van der Waals surface area contributed by atoms with E-state index >= 15 is 0 Å². The molecule has 2 heterocycles. The standard InChI is InChI=1S/C20H21F3N4O3/c1-2-27-14-9-26(10-15(28)24-11-7-8-11)18(29)16(14)17(25-19(27)30)12-5-3-4-6-13(12)20(21,22)23/h3-6,11,17H,2,7-10H2,1H3,(H,24,28)(H,25,30). The van der Waals surface area contributed by atoms with Crippen LogP contribution in [0.15, 0.2) is 35.5 Å². The first-order chi connectivity index (χ1) is 14.2. The molecule has 1 aliphatic carbocycles. The van der Waals surface area contributed by atoms with Gasteiger partial charge in [0, 0.05) is 12.6 Å². The average molecular weight is 422 g/mol. The van der Waals surface area contributed by atoms with E-state index in [0.717, 1.165) is 18.9 Å². The predicted molar refractivity (Wildman–Crippen MR) is 99.9 cm³/mol. The lowest BCUT2D eigenvalue weighted by Gasteiger charge is -2.33. The van der Waals surface area contributed by atoms with Crippen LogP contribution < -0.4 is 10.6 Å². The minimum absolute atomic E-state index is 0.00179. The molecule has 160 valence electrons. The van der Waals surface area contributed by atoms with E-state index in [9.17, 15) is 27.6 Å². The third kappa shape index (κ3) is 3.61. The van der Waals surface area contributed by atoms with E-state index in [2.05, 4.69) is 10.6 Å². The Kier molecular flexibility index (Phi) is 4.95. The molecule has 2 aliphatic heterocycles. The number of carbonyl (C=O) groups is 3. The van der Waals surface area contributed by atoms with Crippen molar-refractivity contribution in [2.75, 3.05) is 19.6 Å². The lowest BCUT2D eigenvalue weighted by atomic mass is 9.91. The fraction of sp³-hybridized carbons (Fsp3) is 0.450. The van der Waals surface area contributed by atoms with Crippen LogP contribution in [0.5, 0.6) is 0 Å². The van der Waals surface area contributed by atoms with Gasteiger partial charge in [-0.1, -0.05) is 18.2 Å².